The highest BCUT2D eigenvalue weighted by Gasteiger charge is 2.05. The lowest BCUT2D eigenvalue weighted by atomic mass is 10.0. The third-order valence-electron chi connectivity index (χ3n) is 3.74. The smallest absolute Gasteiger partial charge is 0.0384 e. The van der Waals surface area contributed by atoms with E-state index in [1.807, 2.05) is 18.2 Å². The fourth-order valence-electron chi connectivity index (χ4n) is 2.62. The first-order chi connectivity index (χ1) is 10.9. The molecular formula is C20H15NS. The van der Waals surface area contributed by atoms with Crippen LogP contribution in [-0.2, 0) is 0 Å². The summed E-state index contributed by atoms with van der Waals surface area (Å²) >= 11 is 1.80. The number of anilines is 2. The molecule has 3 aromatic carbocycles. The van der Waals surface area contributed by atoms with Gasteiger partial charge in [-0.25, -0.2) is 0 Å². The van der Waals surface area contributed by atoms with Crippen LogP contribution in [0, 0.1) is 0 Å². The van der Waals surface area contributed by atoms with Gasteiger partial charge < -0.3 is 5.32 Å². The maximum absolute atomic E-state index is 3.42. The van der Waals surface area contributed by atoms with E-state index in [0.717, 1.165) is 11.4 Å². The van der Waals surface area contributed by atoms with Gasteiger partial charge >= 0.3 is 0 Å². The third kappa shape index (κ3) is 2.49. The summed E-state index contributed by atoms with van der Waals surface area (Å²) in [6.45, 7) is 0. The van der Waals surface area contributed by atoms with Crippen molar-refractivity contribution >= 4 is 32.8 Å². The summed E-state index contributed by atoms with van der Waals surface area (Å²) in [4.78, 5) is 0. The van der Waals surface area contributed by atoms with Gasteiger partial charge in [0.1, 0.15) is 0 Å². The maximum Gasteiger partial charge on any atom is 0.0384 e. The summed E-state index contributed by atoms with van der Waals surface area (Å²) in [5.41, 5.74) is 4.79. The zero-order chi connectivity index (χ0) is 14.8. The highest BCUT2D eigenvalue weighted by atomic mass is 32.1. The van der Waals surface area contributed by atoms with Gasteiger partial charge in [-0.05, 0) is 41.3 Å². The average molecular weight is 301 g/mol. The molecule has 0 spiro atoms. The van der Waals surface area contributed by atoms with E-state index < -0.39 is 0 Å². The molecule has 0 radical (unpaired) electrons. The van der Waals surface area contributed by atoms with E-state index >= 15 is 0 Å². The van der Waals surface area contributed by atoms with Gasteiger partial charge in [0, 0.05) is 27.0 Å². The molecule has 4 rings (SSSR count). The van der Waals surface area contributed by atoms with Crippen molar-refractivity contribution in [1.82, 2.24) is 0 Å². The summed E-state index contributed by atoms with van der Waals surface area (Å²) in [6, 6.07) is 27.4. The lowest BCUT2D eigenvalue weighted by Gasteiger charge is -2.07. The van der Waals surface area contributed by atoms with E-state index in [1.165, 1.54) is 21.2 Å². The molecule has 0 atom stereocenters. The standard InChI is InChI=1S/C20H15NS/c1-2-6-16(7-3-1)21-17-12-10-15(11-13-17)19-14-22-20-9-5-4-8-18(19)20/h1-14,21H. The van der Waals surface area contributed by atoms with E-state index in [2.05, 4.69) is 71.4 Å². The van der Waals surface area contributed by atoms with E-state index in [1.54, 1.807) is 11.3 Å². The molecule has 4 aromatic rings. The fraction of sp³-hybridized carbons (Fsp3) is 0. The van der Waals surface area contributed by atoms with Crippen molar-refractivity contribution in [3.8, 4) is 11.1 Å². The summed E-state index contributed by atoms with van der Waals surface area (Å²) in [7, 11) is 0. The van der Waals surface area contributed by atoms with Crippen LogP contribution < -0.4 is 5.32 Å². The molecule has 0 unspecified atom stereocenters. The molecule has 0 aliphatic carbocycles. The topological polar surface area (TPSA) is 12.0 Å². The maximum atomic E-state index is 3.42. The predicted molar refractivity (Wildman–Crippen MR) is 97.0 cm³/mol. The van der Waals surface area contributed by atoms with Crippen LogP contribution >= 0.6 is 11.3 Å². The van der Waals surface area contributed by atoms with Crippen LogP contribution in [-0.4, -0.2) is 0 Å². The van der Waals surface area contributed by atoms with Gasteiger partial charge in [-0.3, -0.25) is 0 Å². The minimum Gasteiger partial charge on any atom is -0.356 e. The number of nitrogens with one attached hydrogen (secondary N) is 1. The molecule has 1 aromatic heterocycles. The third-order valence-corrected chi connectivity index (χ3v) is 4.70. The minimum absolute atomic E-state index is 1.11. The van der Waals surface area contributed by atoms with Gasteiger partial charge in [-0.15, -0.1) is 11.3 Å². The van der Waals surface area contributed by atoms with Crippen molar-refractivity contribution in [2.24, 2.45) is 0 Å². The van der Waals surface area contributed by atoms with Crippen LogP contribution in [0.25, 0.3) is 21.2 Å². The number of hydrogen-bond donors (Lipinski definition) is 1. The Morgan fingerprint density at radius 3 is 2.14 bits per heavy atom. The van der Waals surface area contributed by atoms with Gasteiger partial charge in [-0.1, -0.05) is 48.5 Å². The van der Waals surface area contributed by atoms with Crippen molar-refractivity contribution in [3.63, 3.8) is 0 Å². The number of benzene rings is 3. The Kier molecular flexibility index (Phi) is 3.37. The molecule has 2 heteroatoms. The number of thiophene rings is 1. The monoisotopic (exact) mass is 301 g/mol. The number of fused-ring (bicyclic) bond motifs is 1. The van der Waals surface area contributed by atoms with E-state index in [4.69, 9.17) is 0 Å². The predicted octanol–water partition coefficient (Wildman–Crippen LogP) is 6.31. The zero-order valence-electron chi connectivity index (χ0n) is 12.0. The normalized spacial score (nSPS) is 10.7. The second kappa shape index (κ2) is 5.66. The highest BCUT2D eigenvalue weighted by Crippen LogP contribution is 2.34. The molecule has 0 saturated heterocycles. The summed E-state index contributed by atoms with van der Waals surface area (Å²) < 4.78 is 1.34. The van der Waals surface area contributed by atoms with Gasteiger partial charge in [0.05, 0.1) is 0 Å². The van der Waals surface area contributed by atoms with Gasteiger partial charge in [0.15, 0.2) is 0 Å². The van der Waals surface area contributed by atoms with Crippen molar-refractivity contribution in [2.75, 3.05) is 5.32 Å². The van der Waals surface area contributed by atoms with Crippen molar-refractivity contribution in [2.45, 2.75) is 0 Å². The molecule has 106 valence electrons. The fourth-order valence-corrected chi connectivity index (χ4v) is 3.59. The van der Waals surface area contributed by atoms with Gasteiger partial charge in [0.2, 0.25) is 0 Å². The Morgan fingerprint density at radius 1 is 0.636 bits per heavy atom. The molecule has 0 amide bonds. The summed E-state index contributed by atoms with van der Waals surface area (Å²) in [5, 5.41) is 6.99. The molecule has 0 aliphatic rings. The Bertz CT molecular complexity index is 892. The minimum atomic E-state index is 1.11. The average Bonchev–Trinajstić information content (AvgIpc) is 3.01. The largest absolute Gasteiger partial charge is 0.356 e. The van der Waals surface area contributed by atoms with Crippen molar-refractivity contribution < 1.29 is 0 Å². The molecule has 0 fully saturated rings. The molecule has 22 heavy (non-hydrogen) atoms. The Hall–Kier alpha value is -2.58. The first kappa shape index (κ1) is 13.1. The first-order valence-corrected chi connectivity index (χ1v) is 8.17. The van der Waals surface area contributed by atoms with Gasteiger partial charge in [0.25, 0.3) is 0 Å². The first-order valence-electron chi connectivity index (χ1n) is 7.29. The molecule has 1 N–H and O–H groups in total. The van der Waals surface area contributed by atoms with Crippen LogP contribution in [0.4, 0.5) is 11.4 Å². The van der Waals surface area contributed by atoms with Crippen LogP contribution in [0.1, 0.15) is 0 Å². The Labute approximate surface area is 133 Å². The van der Waals surface area contributed by atoms with Crippen molar-refractivity contribution in [3.05, 3.63) is 84.2 Å². The number of rotatable bonds is 3. The lowest BCUT2D eigenvalue weighted by Crippen LogP contribution is -1.89. The second-order valence-corrected chi connectivity index (χ2v) is 6.13. The van der Waals surface area contributed by atoms with Crippen LogP contribution in [0.15, 0.2) is 84.2 Å². The SMILES string of the molecule is c1ccc(Nc2ccc(-c3csc4ccccc34)cc2)cc1. The van der Waals surface area contributed by atoms with E-state index in [9.17, 15) is 0 Å². The Balaban J connectivity index is 1.64. The zero-order valence-corrected chi connectivity index (χ0v) is 12.8. The quantitative estimate of drug-likeness (QED) is 0.467. The number of para-hydroxylation sites is 1. The second-order valence-electron chi connectivity index (χ2n) is 5.21. The molecule has 0 bridgehead atoms. The summed E-state index contributed by atoms with van der Waals surface area (Å²) in [5.74, 6) is 0. The highest BCUT2D eigenvalue weighted by molar-refractivity contribution is 7.17. The van der Waals surface area contributed by atoms with E-state index in [-0.39, 0.29) is 0 Å². The van der Waals surface area contributed by atoms with Crippen LogP contribution in [0.2, 0.25) is 0 Å². The molecule has 1 heterocycles. The lowest BCUT2D eigenvalue weighted by molar-refractivity contribution is 1.55. The van der Waals surface area contributed by atoms with E-state index in [0.29, 0.717) is 0 Å². The van der Waals surface area contributed by atoms with Crippen molar-refractivity contribution in [1.29, 1.82) is 0 Å². The van der Waals surface area contributed by atoms with Crippen LogP contribution in [0.5, 0.6) is 0 Å². The number of hydrogen-bond acceptors (Lipinski definition) is 2. The van der Waals surface area contributed by atoms with Gasteiger partial charge in [-0.2, -0.15) is 0 Å². The molecular weight excluding hydrogens is 286 g/mol. The summed E-state index contributed by atoms with van der Waals surface area (Å²) in [6.07, 6.45) is 0. The van der Waals surface area contributed by atoms with Crippen LogP contribution in [0.3, 0.4) is 0 Å². The molecule has 0 saturated carbocycles. The Morgan fingerprint density at radius 2 is 1.32 bits per heavy atom. The molecule has 1 nitrogen and oxygen atoms in total. The molecule has 0 aliphatic heterocycles.